The summed E-state index contributed by atoms with van der Waals surface area (Å²) in [6.45, 7) is 4.38. The summed E-state index contributed by atoms with van der Waals surface area (Å²) in [4.78, 5) is 18.2. The van der Waals surface area contributed by atoms with Crippen LogP contribution in [0.5, 0.6) is 0 Å². The fourth-order valence-corrected chi connectivity index (χ4v) is 6.32. The van der Waals surface area contributed by atoms with Crippen molar-refractivity contribution in [2.24, 2.45) is 5.92 Å². The van der Waals surface area contributed by atoms with Gasteiger partial charge in [-0.05, 0) is 30.9 Å². The number of rotatable bonds is 6. The second-order valence-corrected chi connectivity index (χ2v) is 12.2. The van der Waals surface area contributed by atoms with Gasteiger partial charge in [0.1, 0.15) is 5.54 Å². The summed E-state index contributed by atoms with van der Waals surface area (Å²) in [6, 6.07) is 3.45. The zero-order chi connectivity index (χ0) is 27.5. The number of halogens is 3. The standard InChI is InChI=1S/C23H22F3N7O3S2/c1-13(2)20(34)32-7-3-14(4-8-32)16-9-15(38(35,36)31-22(12-27)5-6-22)11-33-17(16)10-28-18(33)19-29-30-21(37-19)23(24,25)26/h3,9-11,13,31H,4-8H2,1-2H3. The number of pyridine rings is 1. The van der Waals surface area contributed by atoms with Crippen molar-refractivity contribution in [2.45, 2.75) is 49.7 Å². The quantitative estimate of drug-likeness (QED) is 0.484. The van der Waals surface area contributed by atoms with Crippen molar-refractivity contribution in [3.05, 3.63) is 35.1 Å². The van der Waals surface area contributed by atoms with Crippen molar-refractivity contribution in [2.75, 3.05) is 13.1 Å². The van der Waals surface area contributed by atoms with Crippen LogP contribution in [0.25, 0.3) is 21.9 Å². The van der Waals surface area contributed by atoms with E-state index in [0.717, 1.165) is 5.57 Å². The van der Waals surface area contributed by atoms with Gasteiger partial charge in [0.2, 0.25) is 20.9 Å². The molecule has 0 spiro atoms. The Morgan fingerprint density at radius 2 is 2.03 bits per heavy atom. The molecule has 0 atom stereocenters. The molecule has 0 unspecified atom stereocenters. The maximum absolute atomic E-state index is 13.3. The Labute approximate surface area is 219 Å². The Bertz CT molecular complexity index is 1610. The Kier molecular flexibility index (Phi) is 6.32. The van der Waals surface area contributed by atoms with E-state index >= 15 is 0 Å². The van der Waals surface area contributed by atoms with Crippen LogP contribution < -0.4 is 4.72 Å². The number of carbonyl (C=O) groups excluding carboxylic acids is 1. The molecule has 1 amide bonds. The van der Waals surface area contributed by atoms with E-state index in [1.165, 1.54) is 22.9 Å². The molecule has 38 heavy (non-hydrogen) atoms. The first kappa shape index (κ1) is 26.3. The molecule has 0 aromatic carbocycles. The van der Waals surface area contributed by atoms with E-state index in [-0.39, 0.29) is 27.6 Å². The third kappa shape index (κ3) is 4.79. The first-order chi connectivity index (χ1) is 17.8. The van der Waals surface area contributed by atoms with E-state index in [1.54, 1.807) is 4.90 Å². The molecule has 200 valence electrons. The molecule has 15 heteroatoms. The summed E-state index contributed by atoms with van der Waals surface area (Å²) in [6.07, 6.45) is 1.03. The third-order valence-corrected chi connectivity index (χ3v) is 8.91. The molecule has 1 N–H and O–H groups in total. The predicted molar refractivity (Wildman–Crippen MR) is 131 cm³/mol. The van der Waals surface area contributed by atoms with Crippen molar-refractivity contribution in [3.63, 3.8) is 0 Å². The molecule has 3 aromatic rings. The highest BCUT2D eigenvalue weighted by Gasteiger charge is 2.47. The minimum atomic E-state index is -4.69. The number of nitriles is 1. The van der Waals surface area contributed by atoms with Gasteiger partial charge in [0.25, 0.3) is 0 Å². The second-order valence-electron chi connectivity index (χ2n) is 9.55. The molecule has 2 aliphatic rings. The summed E-state index contributed by atoms with van der Waals surface area (Å²) >= 11 is 0.300. The molecule has 1 aliphatic carbocycles. The van der Waals surface area contributed by atoms with Gasteiger partial charge in [-0.15, -0.1) is 10.2 Å². The van der Waals surface area contributed by atoms with Crippen LogP contribution in [-0.4, -0.2) is 57.4 Å². The molecule has 4 heterocycles. The van der Waals surface area contributed by atoms with Crippen molar-refractivity contribution in [1.82, 2.24) is 29.2 Å². The van der Waals surface area contributed by atoms with Gasteiger partial charge < -0.3 is 4.90 Å². The monoisotopic (exact) mass is 565 g/mol. The van der Waals surface area contributed by atoms with Crippen molar-refractivity contribution >= 4 is 38.4 Å². The molecule has 10 nitrogen and oxygen atoms in total. The smallest absolute Gasteiger partial charge is 0.338 e. The van der Waals surface area contributed by atoms with Crippen LogP contribution in [-0.2, 0) is 21.0 Å². The SMILES string of the molecule is CC(C)C(=O)N1CC=C(c2cc(S(=O)(=O)NC3(C#N)CC3)cn3c(-c4nnc(C(F)(F)F)s4)ncc23)CC1. The average Bonchev–Trinajstić information content (AvgIpc) is 3.26. The maximum atomic E-state index is 13.3. The van der Waals surface area contributed by atoms with E-state index in [4.69, 9.17) is 0 Å². The van der Waals surface area contributed by atoms with Crippen molar-refractivity contribution in [3.8, 4) is 16.9 Å². The topological polar surface area (TPSA) is 133 Å². The van der Waals surface area contributed by atoms with Gasteiger partial charge in [0, 0.05) is 30.8 Å². The van der Waals surface area contributed by atoms with Crippen LogP contribution in [0, 0.1) is 17.2 Å². The first-order valence-corrected chi connectivity index (χ1v) is 14.0. The molecular weight excluding hydrogens is 543 g/mol. The Balaban J connectivity index is 1.63. The van der Waals surface area contributed by atoms with Crippen molar-refractivity contribution < 1.29 is 26.4 Å². The van der Waals surface area contributed by atoms with Crippen LogP contribution in [0.15, 0.2) is 29.4 Å². The first-order valence-electron chi connectivity index (χ1n) is 11.7. The fraction of sp³-hybridized carbons (Fsp3) is 0.435. The number of carbonyl (C=O) groups is 1. The molecule has 1 aliphatic heterocycles. The molecule has 0 radical (unpaired) electrons. The lowest BCUT2D eigenvalue weighted by atomic mass is 9.98. The summed E-state index contributed by atoms with van der Waals surface area (Å²) < 4.78 is 69.9. The van der Waals surface area contributed by atoms with E-state index in [9.17, 15) is 31.6 Å². The number of alkyl halides is 3. The lowest BCUT2D eigenvalue weighted by Crippen LogP contribution is -2.37. The lowest BCUT2D eigenvalue weighted by Gasteiger charge is -2.28. The molecule has 5 rings (SSSR count). The number of hydrogen-bond acceptors (Lipinski definition) is 8. The number of sulfonamides is 1. The van der Waals surface area contributed by atoms with E-state index in [1.807, 2.05) is 26.0 Å². The Morgan fingerprint density at radius 1 is 1.29 bits per heavy atom. The Morgan fingerprint density at radius 3 is 2.58 bits per heavy atom. The zero-order valence-corrected chi connectivity index (χ0v) is 21.9. The number of fused-ring (bicyclic) bond motifs is 1. The number of imidazole rings is 1. The largest absolute Gasteiger partial charge is 0.445 e. The van der Waals surface area contributed by atoms with Gasteiger partial charge in [-0.3, -0.25) is 9.20 Å². The van der Waals surface area contributed by atoms with E-state index in [0.29, 0.717) is 54.8 Å². The zero-order valence-electron chi connectivity index (χ0n) is 20.3. The highest BCUT2D eigenvalue weighted by Crippen LogP contribution is 2.38. The minimum absolute atomic E-state index is 0.000544. The summed E-state index contributed by atoms with van der Waals surface area (Å²) in [5.74, 6) is -0.168. The number of nitrogens with one attached hydrogen (secondary N) is 1. The fourth-order valence-electron chi connectivity index (χ4n) is 4.22. The van der Waals surface area contributed by atoms with Gasteiger partial charge in [0.05, 0.1) is 22.7 Å². The summed E-state index contributed by atoms with van der Waals surface area (Å²) in [5.41, 5.74) is 0.555. The number of amides is 1. The van der Waals surface area contributed by atoms with Gasteiger partial charge in [-0.1, -0.05) is 31.3 Å². The number of hydrogen-bond donors (Lipinski definition) is 1. The molecule has 1 fully saturated rings. The average molecular weight is 566 g/mol. The molecule has 1 saturated carbocycles. The number of nitrogens with zero attached hydrogens (tertiary/aromatic N) is 6. The normalized spacial score (nSPS) is 17.5. The molecule has 3 aromatic heterocycles. The Hall–Kier alpha value is -3.35. The van der Waals surface area contributed by atoms with Crippen LogP contribution in [0.4, 0.5) is 13.2 Å². The van der Waals surface area contributed by atoms with E-state index < -0.39 is 26.7 Å². The van der Waals surface area contributed by atoms with Gasteiger partial charge in [0.15, 0.2) is 10.8 Å². The maximum Gasteiger partial charge on any atom is 0.445 e. The summed E-state index contributed by atoms with van der Waals surface area (Å²) in [5, 5.41) is 15.0. The molecular formula is C23H22F3N7O3S2. The van der Waals surface area contributed by atoms with Crippen molar-refractivity contribution in [1.29, 1.82) is 5.26 Å². The number of aromatic nitrogens is 4. The van der Waals surface area contributed by atoms with Crippen LogP contribution in [0.2, 0.25) is 0 Å². The highest BCUT2D eigenvalue weighted by atomic mass is 32.2. The predicted octanol–water partition coefficient (Wildman–Crippen LogP) is 3.48. The van der Waals surface area contributed by atoms with Crippen LogP contribution >= 0.6 is 11.3 Å². The highest BCUT2D eigenvalue weighted by molar-refractivity contribution is 7.89. The van der Waals surface area contributed by atoms with Gasteiger partial charge in [-0.25, -0.2) is 13.4 Å². The van der Waals surface area contributed by atoms with Crippen LogP contribution in [0.1, 0.15) is 43.7 Å². The van der Waals surface area contributed by atoms with Gasteiger partial charge >= 0.3 is 6.18 Å². The van der Waals surface area contributed by atoms with Crippen LogP contribution in [0.3, 0.4) is 0 Å². The molecule has 0 bridgehead atoms. The minimum Gasteiger partial charge on any atom is -0.338 e. The van der Waals surface area contributed by atoms with E-state index in [2.05, 4.69) is 19.9 Å². The van der Waals surface area contributed by atoms with Gasteiger partial charge in [-0.2, -0.15) is 23.2 Å². The third-order valence-electron chi connectivity index (χ3n) is 6.44. The molecule has 0 saturated heterocycles. The second kappa shape index (κ2) is 9.14. The lowest BCUT2D eigenvalue weighted by molar-refractivity contribution is -0.138. The summed E-state index contributed by atoms with van der Waals surface area (Å²) in [7, 11) is -4.18.